The van der Waals surface area contributed by atoms with Crippen molar-refractivity contribution in [2.24, 2.45) is 0 Å². The molecule has 1 fully saturated rings. The van der Waals surface area contributed by atoms with Gasteiger partial charge in [0.05, 0.1) is 6.26 Å². The van der Waals surface area contributed by atoms with Gasteiger partial charge in [0.15, 0.2) is 0 Å². The average Bonchev–Trinajstić information content (AvgIpc) is 2.89. The van der Waals surface area contributed by atoms with E-state index < -0.39 is 16.1 Å². The van der Waals surface area contributed by atoms with Crippen molar-refractivity contribution in [2.45, 2.75) is 25.3 Å². The third-order valence-electron chi connectivity index (χ3n) is 3.49. The van der Waals surface area contributed by atoms with Crippen LogP contribution in [0.25, 0.3) is 0 Å². The number of nitrogens with zero attached hydrogens (tertiary/aromatic N) is 1. The Morgan fingerprint density at radius 2 is 2.05 bits per heavy atom. The monoisotopic (exact) mass is 296 g/mol. The van der Waals surface area contributed by atoms with Gasteiger partial charge < -0.3 is 5.32 Å². The van der Waals surface area contributed by atoms with Gasteiger partial charge in [0.2, 0.25) is 15.9 Å². The number of benzene rings is 1. The van der Waals surface area contributed by atoms with Crippen molar-refractivity contribution in [3.63, 3.8) is 0 Å². The SMILES string of the molecule is CS(=O)(=O)N1CCC[C@@H]1C(=O)NCCc1ccccc1. The van der Waals surface area contributed by atoms with Gasteiger partial charge in [-0.25, -0.2) is 8.42 Å². The molecule has 1 atom stereocenters. The molecule has 6 heteroatoms. The zero-order chi connectivity index (χ0) is 14.6. The summed E-state index contributed by atoms with van der Waals surface area (Å²) in [7, 11) is -3.30. The molecule has 0 radical (unpaired) electrons. The molecule has 1 saturated heterocycles. The van der Waals surface area contributed by atoms with Crippen LogP contribution in [0.1, 0.15) is 18.4 Å². The fourth-order valence-electron chi connectivity index (χ4n) is 2.49. The maximum absolute atomic E-state index is 12.1. The molecule has 110 valence electrons. The largest absolute Gasteiger partial charge is 0.354 e. The molecule has 0 unspecified atom stereocenters. The number of carbonyl (C=O) groups excluding carboxylic acids is 1. The highest BCUT2D eigenvalue weighted by Gasteiger charge is 2.36. The van der Waals surface area contributed by atoms with E-state index >= 15 is 0 Å². The topological polar surface area (TPSA) is 66.5 Å². The zero-order valence-corrected chi connectivity index (χ0v) is 12.4. The molecule has 1 aromatic rings. The lowest BCUT2D eigenvalue weighted by molar-refractivity contribution is -0.124. The fraction of sp³-hybridized carbons (Fsp3) is 0.500. The van der Waals surface area contributed by atoms with E-state index in [4.69, 9.17) is 0 Å². The van der Waals surface area contributed by atoms with Crippen LogP contribution in [0.3, 0.4) is 0 Å². The Bertz CT molecular complexity index is 557. The smallest absolute Gasteiger partial charge is 0.238 e. The Labute approximate surface area is 120 Å². The molecule has 1 heterocycles. The highest BCUT2D eigenvalue weighted by atomic mass is 32.2. The minimum absolute atomic E-state index is 0.191. The van der Waals surface area contributed by atoms with Gasteiger partial charge in [-0.05, 0) is 24.8 Å². The van der Waals surface area contributed by atoms with Crippen molar-refractivity contribution in [3.8, 4) is 0 Å². The van der Waals surface area contributed by atoms with Crippen molar-refractivity contribution >= 4 is 15.9 Å². The zero-order valence-electron chi connectivity index (χ0n) is 11.6. The predicted molar refractivity (Wildman–Crippen MR) is 77.7 cm³/mol. The summed E-state index contributed by atoms with van der Waals surface area (Å²) in [6.07, 6.45) is 3.24. The van der Waals surface area contributed by atoms with Crippen LogP contribution in [-0.4, -0.2) is 44.0 Å². The van der Waals surface area contributed by atoms with Crippen LogP contribution in [0.5, 0.6) is 0 Å². The van der Waals surface area contributed by atoms with Crippen LogP contribution >= 0.6 is 0 Å². The molecule has 0 spiro atoms. The minimum atomic E-state index is -3.30. The van der Waals surface area contributed by atoms with E-state index in [1.54, 1.807) is 0 Å². The third-order valence-corrected chi connectivity index (χ3v) is 4.78. The van der Waals surface area contributed by atoms with Gasteiger partial charge in [0.25, 0.3) is 0 Å². The summed E-state index contributed by atoms with van der Waals surface area (Å²) in [5.41, 5.74) is 1.15. The fourth-order valence-corrected chi connectivity index (χ4v) is 3.62. The molecule has 0 saturated carbocycles. The van der Waals surface area contributed by atoms with Crippen LogP contribution in [0, 0.1) is 0 Å². The summed E-state index contributed by atoms with van der Waals surface area (Å²) in [6.45, 7) is 0.965. The lowest BCUT2D eigenvalue weighted by Gasteiger charge is -2.21. The molecule has 1 N–H and O–H groups in total. The van der Waals surface area contributed by atoms with Crippen molar-refractivity contribution in [1.29, 1.82) is 0 Å². The molecule has 1 aliphatic heterocycles. The van der Waals surface area contributed by atoms with E-state index in [-0.39, 0.29) is 5.91 Å². The number of carbonyl (C=O) groups is 1. The quantitative estimate of drug-likeness (QED) is 0.873. The van der Waals surface area contributed by atoms with Crippen LogP contribution in [0.2, 0.25) is 0 Å². The first-order valence-electron chi connectivity index (χ1n) is 6.77. The van der Waals surface area contributed by atoms with E-state index in [1.807, 2.05) is 30.3 Å². The first-order valence-corrected chi connectivity index (χ1v) is 8.62. The standard InChI is InChI=1S/C14H20N2O3S/c1-20(18,19)16-11-5-8-13(16)14(17)15-10-9-12-6-3-2-4-7-12/h2-4,6-7,13H,5,8-11H2,1H3,(H,15,17)/t13-/m1/s1. The van der Waals surface area contributed by atoms with Gasteiger partial charge in [0, 0.05) is 13.1 Å². The van der Waals surface area contributed by atoms with E-state index in [0.29, 0.717) is 19.5 Å². The number of rotatable bonds is 5. The molecule has 5 nitrogen and oxygen atoms in total. The van der Waals surface area contributed by atoms with Gasteiger partial charge in [-0.2, -0.15) is 4.31 Å². The van der Waals surface area contributed by atoms with Crippen LogP contribution in [-0.2, 0) is 21.2 Å². The maximum atomic E-state index is 12.1. The molecule has 1 amide bonds. The van der Waals surface area contributed by atoms with Crippen molar-refractivity contribution in [1.82, 2.24) is 9.62 Å². The van der Waals surface area contributed by atoms with Crippen molar-refractivity contribution < 1.29 is 13.2 Å². The predicted octanol–water partition coefficient (Wildman–Crippen LogP) is 0.769. The maximum Gasteiger partial charge on any atom is 0.238 e. The van der Waals surface area contributed by atoms with Gasteiger partial charge in [-0.1, -0.05) is 30.3 Å². The highest BCUT2D eigenvalue weighted by Crippen LogP contribution is 2.20. The Morgan fingerprint density at radius 1 is 1.35 bits per heavy atom. The molecule has 1 aromatic carbocycles. The number of nitrogens with one attached hydrogen (secondary N) is 1. The van der Waals surface area contributed by atoms with Crippen LogP contribution in [0.15, 0.2) is 30.3 Å². The summed E-state index contributed by atoms with van der Waals surface area (Å²) in [5, 5.41) is 2.83. The van der Waals surface area contributed by atoms with Gasteiger partial charge >= 0.3 is 0 Å². The second kappa shape index (κ2) is 6.37. The van der Waals surface area contributed by atoms with E-state index in [2.05, 4.69) is 5.32 Å². The molecule has 0 bridgehead atoms. The highest BCUT2D eigenvalue weighted by molar-refractivity contribution is 7.88. The molecule has 1 aliphatic rings. The number of sulfonamides is 1. The van der Waals surface area contributed by atoms with E-state index in [0.717, 1.165) is 24.7 Å². The van der Waals surface area contributed by atoms with E-state index in [9.17, 15) is 13.2 Å². The number of hydrogen-bond donors (Lipinski definition) is 1. The second-order valence-corrected chi connectivity index (χ2v) is 6.99. The molecule has 20 heavy (non-hydrogen) atoms. The molecule has 2 rings (SSSR count). The van der Waals surface area contributed by atoms with Gasteiger partial charge in [-0.15, -0.1) is 0 Å². The molecular formula is C14H20N2O3S. The van der Waals surface area contributed by atoms with Gasteiger partial charge in [0.1, 0.15) is 6.04 Å². The summed E-state index contributed by atoms with van der Waals surface area (Å²) in [5.74, 6) is -0.191. The number of hydrogen-bond acceptors (Lipinski definition) is 3. The normalized spacial score (nSPS) is 19.9. The lowest BCUT2D eigenvalue weighted by Crippen LogP contribution is -2.45. The summed E-state index contributed by atoms with van der Waals surface area (Å²) in [6, 6.07) is 9.33. The summed E-state index contributed by atoms with van der Waals surface area (Å²) in [4.78, 5) is 12.1. The Balaban J connectivity index is 1.86. The first kappa shape index (κ1) is 15.0. The van der Waals surface area contributed by atoms with Gasteiger partial charge in [-0.3, -0.25) is 4.79 Å². The number of amides is 1. The van der Waals surface area contributed by atoms with Crippen molar-refractivity contribution in [3.05, 3.63) is 35.9 Å². The Kier molecular flexibility index (Phi) is 4.77. The molecule has 0 aromatic heterocycles. The second-order valence-electron chi connectivity index (χ2n) is 5.06. The molecular weight excluding hydrogens is 276 g/mol. The third kappa shape index (κ3) is 3.80. The molecule has 0 aliphatic carbocycles. The van der Waals surface area contributed by atoms with Crippen molar-refractivity contribution in [2.75, 3.05) is 19.3 Å². The summed E-state index contributed by atoms with van der Waals surface area (Å²) >= 11 is 0. The van der Waals surface area contributed by atoms with Crippen LogP contribution < -0.4 is 5.32 Å². The average molecular weight is 296 g/mol. The van der Waals surface area contributed by atoms with Crippen LogP contribution in [0.4, 0.5) is 0 Å². The summed E-state index contributed by atoms with van der Waals surface area (Å²) < 4.78 is 24.5. The lowest BCUT2D eigenvalue weighted by atomic mass is 10.1. The Morgan fingerprint density at radius 3 is 2.70 bits per heavy atom. The minimum Gasteiger partial charge on any atom is -0.354 e. The first-order chi connectivity index (χ1) is 9.48. The van der Waals surface area contributed by atoms with E-state index in [1.165, 1.54) is 4.31 Å². The Hall–Kier alpha value is -1.40.